The first kappa shape index (κ1) is 29.6. The summed E-state index contributed by atoms with van der Waals surface area (Å²) >= 11 is 0. The van der Waals surface area contributed by atoms with Crippen LogP contribution in [0.2, 0.25) is 0 Å². The highest BCUT2D eigenvalue weighted by Crippen LogP contribution is 2.37. The van der Waals surface area contributed by atoms with Crippen molar-refractivity contribution in [2.24, 2.45) is 7.05 Å². The van der Waals surface area contributed by atoms with Crippen LogP contribution >= 0.6 is 0 Å². The van der Waals surface area contributed by atoms with E-state index >= 15 is 4.39 Å². The molecule has 1 amide bonds. The van der Waals surface area contributed by atoms with Crippen molar-refractivity contribution in [2.75, 3.05) is 68.1 Å². The molecule has 2 aliphatic rings. The molecule has 2 aromatic carbocycles. The van der Waals surface area contributed by atoms with Gasteiger partial charge in [0.15, 0.2) is 0 Å². The van der Waals surface area contributed by atoms with Crippen LogP contribution in [0, 0.1) is 5.82 Å². The lowest BCUT2D eigenvalue weighted by Gasteiger charge is -2.39. The SMILES string of the molecule is C[C@H]1CN(c2cc(F)c(-c3ccc(N4CCOCC4)cc3)cc2NC(=O)c2cn(C)c(=O)cc2C(F)(F)F)CCN1C. The molecule has 3 heterocycles. The van der Waals surface area contributed by atoms with Crippen molar-refractivity contribution in [2.45, 2.75) is 19.1 Å². The standard InChI is InChI=1S/C30H33F4N5O3/c1-19-17-39(9-8-36(19)2)27-16-25(31)22(20-4-6-21(7-5-20)38-10-12-42-13-11-38)14-26(27)35-29(41)23-18-37(3)28(40)15-24(23)30(32,33)34/h4-7,14-16,18-19H,8-13,17H2,1-3H3,(H,35,41)/t19-/m0/s1. The molecule has 3 aromatic rings. The largest absolute Gasteiger partial charge is 0.417 e. The monoisotopic (exact) mass is 587 g/mol. The predicted molar refractivity (Wildman–Crippen MR) is 154 cm³/mol. The molecule has 0 saturated carbocycles. The van der Waals surface area contributed by atoms with E-state index in [0.29, 0.717) is 50.2 Å². The first-order chi connectivity index (χ1) is 19.9. The van der Waals surface area contributed by atoms with Crippen LogP contribution in [-0.2, 0) is 18.0 Å². The molecule has 8 nitrogen and oxygen atoms in total. The number of nitrogens with zero attached hydrogens (tertiary/aromatic N) is 4. The molecule has 1 atom stereocenters. The maximum absolute atomic E-state index is 15.7. The van der Waals surface area contributed by atoms with E-state index in [1.54, 1.807) is 12.1 Å². The summed E-state index contributed by atoms with van der Waals surface area (Å²) in [7, 11) is 3.25. The Bertz CT molecular complexity index is 1520. The van der Waals surface area contributed by atoms with E-state index in [9.17, 15) is 22.8 Å². The predicted octanol–water partition coefficient (Wildman–Crippen LogP) is 4.44. The number of likely N-dealkylation sites (N-methyl/N-ethyl adjacent to an activating group) is 1. The number of morpholine rings is 1. The fourth-order valence-corrected chi connectivity index (χ4v) is 5.32. The Kier molecular flexibility index (Phi) is 8.29. The molecule has 1 aromatic heterocycles. The molecule has 2 fully saturated rings. The van der Waals surface area contributed by atoms with Crippen molar-refractivity contribution in [3.63, 3.8) is 0 Å². The Morgan fingerprint density at radius 3 is 2.31 bits per heavy atom. The minimum absolute atomic E-state index is 0.123. The lowest BCUT2D eigenvalue weighted by molar-refractivity contribution is -0.138. The summed E-state index contributed by atoms with van der Waals surface area (Å²) in [6, 6.07) is 10.6. The van der Waals surface area contributed by atoms with E-state index in [1.165, 1.54) is 19.2 Å². The number of piperazine rings is 1. The molecule has 2 aliphatic heterocycles. The molecule has 12 heteroatoms. The zero-order valence-corrected chi connectivity index (χ0v) is 23.7. The van der Waals surface area contributed by atoms with Crippen LogP contribution < -0.4 is 20.7 Å². The first-order valence-electron chi connectivity index (χ1n) is 13.7. The molecule has 2 saturated heterocycles. The average molecular weight is 588 g/mol. The van der Waals surface area contributed by atoms with Gasteiger partial charge in [-0.05, 0) is 43.8 Å². The zero-order chi connectivity index (χ0) is 30.2. The van der Waals surface area contributed by atoms with Gasteiger partial charge in [-0.25, -0.2) is 4.39 Å². The number of benzene rings is 2. The number of amides is 1. The van der Waals surface area contributed by atoms with Crippen LogP contribution in [0.3, 0.4) is 0 Å². The van der Waals surface area contributed by atoms with Gasteiger partial charge in [0.25, 0.3) is 11.5 Å². The molecule has 224 valence electrons. The summed E-state index contributed by atoms with van der Waals surface area (Å²) in [4.78, 5) is 31.6. The van der Waals surface area contributed by atoms with Gasteiger partial charge in [-0.15, -0.1) is 0 Å². The van der Waals surface area contributed by atoms with Gasteiger partial charge in [0.2, 0.25) is 0 Å². The number of carbonyl (C=O) groups excluding carboxylic acids is 1. The van der Waals surface area contributed by atoms with Gasteiger partial charge in [0, 0.05) is 69.3 Å². The number of ether oxygens (including phenoxy) is 1. The number of rotatable bonds is 5. The minimum atomic E-state index is -4.92. The minimum Gasteiger partial charge on any atom is -0.378 e. The highest BCUT2D eigenvalue weighted by molar-refractivity contribution is 6.07. The second kappa shape index (κ2) is 11.8. The number of alkyl halides is 3. The quantitative estimate of drug-likeness (QED) is 0.446. The van der Waals surface area contributed by atoms with Gasteiger partial charge < -0.3 is 29.3 Å². The van der Waals surface area contributed by atoms with Crippen LogP contribution in [0.1, 0.15) is 22.8 Å². The summed E-state index contributed by atoms with van der Waals surface area (Å²) in [6.45, 7) is 6.49. The third kappa shape index (κ3) is 6.14. The van der Waals surface area contributed by atoms with Crippen LogP contribution in [0.4, 0.5) is 34.6 Å². The highest BCUT2D eigenvalue weighted by Gasteiger charge is 2.36. The maximum atomic E-state index is 15.7. The van der Waals surface area contributed by atoms with Crippen molar-refractivity contribution in [3.05, 3.63) is 76.0 Å². The molecule has 1 N–H and O–H groups in total. The van der Waals surface area contributed by atoms with E-state index in [-0.39, 0.29) is 17.3 Å². The second-order valence-electron chi connectivity index (χ2n) is 10.8. The van der Waals surface area contributed by atoms with Crippen molar-refractivity contribution in [1.82, 2.24) is 9.47 Å². The first-order valence-corrected chi connectivity index (χ1v) is 13.7. The van der Waals surface area contributed by atoms with E-state index < -0.39 is 34.6 Å². The molecule has 42 heavy (non-hydrogen) atoms. The molecular weight excluding hydrogens is 554 g/mol. The summed E-state index contributed by atoms with van der Waals surface area (Å²) in [5.41, 5.74) is -0.677. The Balaban J connectivity index is 1.55. The number of halogens is 4. The fraction of sp³-hybridized carbons (Fsp3) is 0.400. The Morgan fingerprint density at radius 1 is 0.976 bits per heavy atom. The number of anilines is 3. The van der Waals surface area contributed by atoms with E-state index in [1.807, 2.05) is 31.0 Å². The molecule has 0 spiro atoms. The molecule has 0 aliphatic carbocycles. The molecular formula is C30H33F4N5O3. The van der Waals surface area contributed by atoms with E-state index in [2.05, 4.69) is 15.1 Å². The average Bonchev–Trinajstić information content (AvgIpc) is 2.96. The Hall–Kier alpha value is -3.90. The fourth-order valence-electron chi connectivity index (χ4n) is 5.32. The van der Waals surface area contributed by atoms with Crippen molar-refractivity contribution >= 4 is 23.0 Å². The third-order valence-corrected chi connectivity index (χ3v) is 7.97. The van der Waals surface area contributed by atoms with Gasteiger partial charge in [-0.1, -0.05) is 12.1 Å². The Labute approximate surface area is 241 Å². The highest BCUT2D eigenvalue weighted by atomic mass is 19.4. The summed E-state index contributed by atoms with van der Waals surface area (Å²) < 4.78 is 63.5. The molecule has 0 bridgehead atoms. The van der Waals surface area contributed by atoms with Crippen LogP contribution in [-0.4, -0.2) is 74.4 Å². The van der Waals surface area contributed by atoms with Crippen LogP contribution in [0.25, 0.3) is 11.1 Å². The van der Waals surface area contributed by atoms with Gasteiger partial charge in [0.1, 0.15) is 5.82 Å². The number of carbonyl (C=O) groups is 1. The number of pyridine rings is 1. The topological polar surface area (TPSA) is 70.0 Å². The number of aryl methyl sites for hydroxylation is 1. The van der Waals surface area contributed by atoms with E-state index in [0.717, 1.165) is 29.5 Å². The molecule has 5 rings (SSSR count). The number of aromatic nitrogens is 1. The lowest BCUT2D eigenvalue weighted by Crippen LogP contribution is -2.50. The summed E-state index contributed by atoms with van der Waals surface area (Å²) in [5.74, 6) is -1.58. The van der Waals surface area contributed by atoms with Gasteiger partial charge in [-0.3, -0.25) is 9.59 Å². The summed E-state index contributed by atoms with van der Waals surface area (Å²) in [5, 5.41) is 2.61. The molecule has 0 unspecified atom stereocenters. The number of hydrogen-bond acceptors (Lipinski definition) is 6. The smallest absolute Gasteiger partial charge is 0.378 e. The van der Waals surface area contributed by atoms with E-state index in [4.69, 9.17) is 4.74 Å². The van der Waals surface area contributed by atoms with Gasteiger partial charge >= 0.3 is 6.18 Å². The van der Waals surface area contributed by atoms with Gasteiger partial charge in [-0.2, -0.15) is 13.2 Å². The summed E-state index contributed by atoms with van der Waals surface area (Å²) in [6.07, 6.45) is -4.06. The van der Waals surface area contributed by atoms with Crippen LogP contribution in [0.15, 0.2) is 53.5 Å². The van der Waals surface area contributed by atoms with Crippen LogP contribution in [0.5, 0.6) is 0 Å². The van der Waals surface area contributed by atoms with Crippen molar-refractivity contribution in [1.29, 1.82) is 0 Å². The number of hydrogen-bond donors (Lipinski definition) is 1. The molecule has 0 radical (unpaired) electrons. The number of nitrogens with one attached hydrogen (secondary N) is 1. The maximum Gasteiger partial charge on any atom is 0.417 e. The zero-order valence-electron chi connectivity index (χ0n) is 23.7. The lowest BCUT2D eigenvalue weighted by atomic mass is 10.0. The second-order valence-corrected chi connectivity index (χ2v) is 10.8. The Morgan fingerprint density at radius 2 is 1.67 bits per heavy atom. The normalized spacial score (nSPS) is 18.3. The van der Waals surface area contributed by atoms with Crippen molar-refractivity contribution in [3.8, 4) is 11.1 Å². The third-order valence-electron chi connectivity index (χ3n) is 7.97. The van der Waals surface area contributed by atoms with Crippen molar-refractivity contribution < 1.29 is 27.1 Å². The van der Waals surface area contributed by atoms with Gasteiger partial charge in [0.05, 0.1) is 35.7 Å².